The largest absolute Gasteiger partial charge is 0.462 e. The van der Waals surface area contributed by atoms with Crippen LogP contribution in [0.3, 0.4) is 0 Å². The number of nitro groups is 1. The molecule has 0 aliphatic heterocycles. The average molecular weight is 328 g/mol. The van der Waals surface area contributed by atoms with Crippen LogP contribution in [0, 0.1) is 17.0 Å². The van der Waals surface area contributed by atoms with Gasteiger partial charge < -0.3 is 10.1 Å². The van der Waals surface area contributed by atoms with E-state index in [9.17, 15) is 19.7 Å². The van der Waals surface area contributed by atoms with Crippen molar-refractivity contribution in [2.24, 2.45) is 0 Å². The van der Waals surface area contributed by atoms with Gasteiger partial charge in [0, 0.05) is 17.2 Å². The number of amides is 1. The second-order valence-corrected chi connectivity index (χ2v) is 4.98. The molecule has 0 aliphatic rings. The monoisotopic (exact) mass is 328 g/mol. The van der Waals surface area contributed by atoms with Crippen molar-refractivity contribution in [3.8, 4) is 0 Å². The predicted octanol–water partition coefficient (Wildman–Crippen LogP) is 3.33. The topological polar surface area (TPSA) is 98.5 Å². The second kappa shape index (κ2) is 7.36. The number of para-hydroxylation sites is 1. The molecule has 0 spiro atoms. The van der Waals surface area contributed by atoms with Crippen LogP contribution >= 0.6 is 0 Å². The first kappa shape index (κ1) is 17.1. The Bertz CT molecular complexity index is 801. The standard InChI is InChI=1S/C17H16N2O5/c1-3-24-17(21)13-6-4-5-7-14(13)18-16(20)12-9-8-11(2)15(10-12)19(22)23/h4-10H,3H2,1-2H3,(H,18,20). The highest BCUT2D eigenvalue weighted by Gasteiger charge is 2.18. The molecule has 0 radical (unpaired) electrons. The van der Waals surface area contributed by atoms with Crippen molar-refractivity contribution < 1.29 is 19.2 Å². The van der Waals surface area contributed by atoms with Crippen molar-refractivity contribution in [2.75, 3.05) is 11.9 Å². The van der Waals surface area contributed by atoms with Crippen molar-refractivity contribution >= 4 is 23.3 Å². The third kappa shape index (κ3) is 3.75. The maximum atomic E-state index is 12.3. The lowest BCUT2D eigenvalue weighted by molar-refractivity contribution is -0.385. The van der Waals surface area contributed by atoms with E-state index in [1.807, 2.05) is 0 Å². The maximum Gasteiger partial charge on any atom is 0.340 e. The van der Waals surface area contributed by atoms with Crippen molar-refractivity contribution in [3.05, 3.63) is 69.3 Å². The highest BCUT2D eigenvalue weighted by Crippen LogP contribution is 2.21. The van der Waals surface area contributed by atoms with E-state index in [0.717, 1.165) is 0 Å². The van der Waals surface area contributed by atoms with E-state index < -0.39 is 16.8 Å². The number of benzene rings is 2. The molecular weight excluding hydrogens is 312 g/mol. The first-order valence-corrected chi connectivity index (χ1v) is 7.26. The van der Waals surface area contributed by atoms with Gasteiger partial charge in [-0.25, -0.2) is 4.79 Å². The van der Waals surface area contributed by atoms with E-state index in [0.29, 0.717) is 5.56 Å². The van der Waals surface area contributed by atoms with Crippen LogP contribution in [-0.4, -0.2) is 23.4 Å². The molecule has 0 unspecified atom stereocenters. The lowest BCUT2D eigenvalue weighted by Crippen LogP contribution is -2.16. The van der Waals surface area contributed by atoms with Crippen molar-refractivity contribution in [3.63, 3.8) is 0 Å². The van der Waals surface area contributed by atoms with Gasteiger partial charge in [-0.15, -0.1) is 0 Å². The van der Waals surface area contributed by atoms with Gasteiger partial charge in [0.05, 0.1) is 22.8 Å². The molecule has 0 heterocycles. The predicted molar refractivity (Wildman–Crippen MR) is 88.2 cm³/mol. The van der Waals surface area contributed by atoms with E-state index >= 15 is 0 Å². The summed E-state index contributed by atoms with van der Waals surface area (Å²) in [6.45, 7) is 3.49. The minimum atomic E-state index is -0.553. The molecule has 7 nitrogen and oxygen atoms in total. The van der Waals surface area contributed by atoms with Crippen LogP contribution in [0.15, 0.2) is 42.5 Å². The third-order valence-electron chi connectivity index (χ3n) is 3.34. The molecule has 1 N–H and O–H groups in total. The molecule has 2 rings (SSSR count). The fourth-order valence-corrected chi connectivity index (χ4v) is 2.12. The molecule has 1 amide bonds. The number of nitrogens with one attached hydrogen (secondary N) is 1. The van der Waals surface area contributed by atoms with E-state index in [1.165, 1.54) is 24.3 Å². The molecule has 0 fully saturated rings. The molecule has 0 aliphatic carbocycles. The lowest BCUT2D eigenvalue weighted by Gasteiger charge is -2.10. The Kier molecular flexibility index (Phi) is 5.26. The number of anilines is 1. The van der Waals surface area contributed by atoms with Gasteiger partial charge in [-0.2, -0.15) is 0 Å². The average Bonchev–Trinajstić information content (AvgIpc) is 2.55. The molecule has 124 valence electrons. The molecular formula is C17H16N2O5. The number of carbonyl (C=O) groups is 2. The molecule has 0 aromatic heterocycles. The normalized spacial score (nSPS) is 10.1. The van der Waals surface area contributed by atoms with Crippen LogP contribution in [0.5, 0.6) is 0 Å². The number of aryl methyl sites for hydroxylation is 1. The molecule has 0 bridgehead atoms. The van der Waals surface area contributed by atoms with Gasteiger partial charge in [-0.05, 0) is 32.0 Å². The van der Waals surface area contributed by atoms with Gasteiger partial charge in [0.25, 0.3) is 11.6 Å². The fraction of sp³-hybridized carbons (Fsp3) is 0.176. The van der Waals surface area contributed by atoms with E-state index in [2.05, 4.69) is 5.32 Å². The van der Waals surface area contributed by atoms with Crippen LogP contribution in [0.1, 0.15) is 33.2 Å². The molecule has 0 saturated carbocycles. The highest BCUT2D eigenvalue weighted by molar-refractivity contribution is 6.08. The summed E-state index contributed by atoms with van der Waals surface area (Å²) in [6, 6.07) is 10.6. The van der Waals surface area contributed by atoms with Gasteiger partial charge in [0.2, 0.25) is 0 Å². The summed E-state index contributed by atoms with van der Waals surface area (Å²) < 4.78 is 4.94. The second-order valence-electron chi connectivity index (χ2n) is 4.98. The Hall–Kier alpha value is -3.22. The summed E-state index contributed by atoms with van der Waals surface area (Å²) in [5, 5.41) is 13.6. The first-order valence-electron chi connectivity index (χ1n) is 7.26. The Balaban J connectivity index is 2.29. The van der Waals surface area contributed by atoms with Crippen LogP contribution in [0.2, 0.25) is 0 Å². The Morgan fingerprint density at radius 1 is 1.21 bits per heavy atom. The number of carbonyl (C=O) groups excluding carboxylic acids is 2. The number of hydrogen-bond donors (Lipinski definition) is 1. The van der Waals surface area contributed by atoms with E-state index in [4.69, 9.17) is 4.74 Å². The van der Waals surface area contributed by atoms with Crippen LogP contribution < -0.4 is 5.32 Å². The number of esters is 1. The molecule has 24 heavy (non-hydrogen) atoms. The minimum Gasteiger partial charge on any atom is -0.462 e. The first-order chi connectivity index (χ1) is 11.4. The molecule has 7 heteroatoms. The smallest absolute Gasteiger partial charge is 0.340 e. The number of ether oxygens (including phenoxy) is 1. The zero-order valence-electron chi connectivity index (χ0n) is 13.2. The zero-order chi connectivity index (χ0) is 17.7. The summed E-state index contributed by atoms with van der Waals surface area (Å²) >= 11 is 0. The number of rotatable bonds is 5. The molecule has 0 atom stereocenters. The van der Waals surface area contributed by atoms with E-state index in [-0.39, 0.29) is 29.1 Å². The molecule has 0 saturated heterocycles. The van der Waals surface area contributed by atoms with Crippen LogP contribution in [-0.2, 0) is 4.74 Å². The van der Waals surface area contributed by atoms with Crippen LogP contribution in [0.4, 0.5) is 11.4 Å². The van der Waals surface area contributed by atoms with Crippen molar-refractivity contribution in [1.29, 1.82) is 0 Å². The number of hydrogen-bond acceptors (Lipinski definition) is 5. The summed E-state index contributed by atoms with van der Waals surface area (Å²) in [5.74, 6) is -1.10. The van der Waals surface area contributed by atoms with Crippen molar-refractivity contribution in [1.82, 2.24) is 0 Å². The van der Waals surface area contributed by atoms with Gasteiger partial charge in [-0.1, -0.05) is 18.2 Å². The van der Waals surface area contributed by atoms with Gasteiger partial charge in [-0.3, -0.25) is 14.9 Å². The summed E-state index contributed by atoms with van der Waals surface area (Å²) in [5.41, 5.74) is 0.953. The zero-order valence-corrected chi connectivity index (χ0v) is 13.2. The summed E-state index contributed by atoms with van der Waals surface area (Å²) in [7, 11) is 0. The SMILES string of the molecule is CCOC(=O)c1ccccc1NC(=O)c1ccc(C)c([N+](=O)[O-])c1. The minimum absolute atomic E-state index is 0.131. The summed E-state index contributed by atoms with van der Waals surface area (Å²) in [6.07, 6.45) is 0. The summed E-state index contributed by atoms with van der Waals surface area (Å²) in [4.78, 5) is 34.7. The lowest BCUT2D eigenvalue weighted by atomic mass is 10.1. The van der Waals surface area contributed by atoms with Gasteiger partial charge >= 0.3 is 5.97 Å². The Labute approximate surface area is 138 Å². The van der Waals surface area contributed by atoms with E-state index in [1.54, 1.807) is 32.0 Å². The van der Waals surface area contributed by atoms with Crippen LogP contribution in [0.25, 0.3) is 0 Å². The fourth-order valence-electron chi connectivity index (χ4n) is 2.12. The van der Waals surface area contributed by atoms with Crippen molar-refractivity contribution in [2.45, 2.75) is 13.8 Å². The Morgan fingerprint density at radius 2 is 1.92 bits per heavy atom. The molecule has 2 aromatic carbocycles. The number of nitro benzene ring substituents is 1. The molecule has 2 aromatic rings. The highest BCUT2D eigenvalue weighted by atomic mass is 16.6. The maximum absolute atomic E-state index is 12.3. The van der Waals surface area contributed by atoms with Gasteiger partial charge in [0.15, 0.2) is 0 Å². The number of nitrogens with zero attached hydrogens (tertiary/aromatic N) is 1. The quantitative estimate of drug-likeness (QED) is 0.515. The Morgan fingerprint density at radius 3 is 2.58 bits per heavy atom. The van der Waals surface area contributed by atoms with Gasteiger partial charge in [0.1, 0.15) is 0 Å². The third-order valence-corrected chi connectivity index (χ3v) is 3.34.